The molecule has 4 aromatic heterocycles. The van der Waals surface area contributed by atoms with E-state index in [1.54, 1.807) is 11.0 Å². The Morgan fingerprint density at radius 2 is 1.90 bits per heavy atom. The van der Waals surface area contributed by atoms with E-state index in [-0.39, 0.29) is 53.4 Å². The Balaban J connectivity index is 0.000000381. The van der Waals surface area contributed by atoms with E-state index in [1.807, 2.05) is 6.92 Å². The van der Waals surface area contributed by atoms with Crippen molar-refractivity contribution in [3.8, 4) is 23.1 Å². The summed E-state index contributed by atoms with van der Waals surface area (Å²) in [6.45, 7) is 5.03. The third-order valence-corrected chi connectivity index (χ3v) is 9.00. The van der Waals surface area contributed by atoms with Crippen LogP contribution in [0.3, 0.4) is 0 Å². The Hall–Kier alpha value is -4.31. The highest BCUT2D eigenvalue weighted by molar-refractivity contribution is 6.30. The molecule has 0 amide bonds. The first-order chi connectivity index (χ1) is 22.8. The number of anilines is 3. The third-order valence-electron chi connectivity index (χ3n) is 8.79. The molecule has 48 heavy (non-hydrogen) atoms. The smallest absolute Gasteiger partial charge is 0.418 e. The minimum atomic E-state index is -4.87. The number of nitrogens with zero attached hydrogens (tertiary/aromatic N) is 7. The number of pyridine rings is 3. The predicted octanol–water partition coefficient (Wildman–Crippen LogP) is 5.93. The second-order valence-corrected chi connectivity index (χ2v) is 12.3. The number of alkyl halides is 4. The molecule has 7 rings (SSSR count). The minimum absolute atomic E-state index is 0.0216. The molecule has 2 fully saturated rings. The van der Waals surface area contributed by atoms with Crippen LogP contribution in [-0.2, 0) is 6.18 Å². The van der Waals surface area contributed by atoms with Gasteiger partial charge in [0.2, 0.25) is 5.88 Å². The Labute approximate surface area is 277 Å². The van der Waals surface area contributed by atoms with E-state index in [4.69, 9.17) is 32.5 Å². The van der Waals surface area contributed by atoms with Crippen LogP contribution in [0.2, 0.25) is 5.02 Å². The molecule has 3 aliphatic rings. The van der Waals surface area contributed by atoms with Crippen LogP contribution >= 0.6 is 11.6 Å². The number of hydrogen-bond donors (Lipinski definition) is 2. The topological polar surface area (TPSA) is 141 Å². The number of halogens is 6. The fraction of sp³-hybridized carbons (Fsp3) is 0.452. The van der Waals surface area contributed by atoms with Gasteiger partial charge in [0.1, 0.15) is 46.8 Å². The molecule has 4 aromatic rings. The van der Waals surface area contributed by atoms with Crippen molar-refractivity contribution in [2.45, 2.75) is 57.5 Å². The van der Waals surface area contributed by atoms with Gasteiger partial charge in [-0.2, -0.15) is 23.1 Å². The van der Waals surface area contributed by atoms with Crippen molar-refractivity contribution in [3.05, 3.63) is 46.0 Å². The number of aromatic nitrogens is 5. The summed E-state index contributed by atoms with van der Waals surface area (Å²) >= 11 is 6.15. The molecule has 3 aliphatic heterocycles. The summed E-state index contributed by atoms with van der Waals surface area (Å²) in [4.78, 5) is 24.6. The monoisotopic (exact) mass is 693 g/mol. The van der Waals surface area contributed by atoms with Gasteiger partial charge in [0.25, 0.3) is 0 Å². The first-order valence-electron chi connectivity index (χ1n) is 15.2. The van der Waals surface area contributed by atoms with Crippen LogP contribution in [0.5, 0.6) is 11.9 Å². The van der Waals surface area contributed by atoms with Gasteiger partial charge in [-0.15, -0.1) is 0 Å². The highest BCUT2D eigenvalue weighted by atomic mass is 35.5. The lowest BCUT2D eigenvalue weighted by molar-refractivity contribution is -0.137. The molecule has 0 saturated carbocycles. The number of nitrogen functional groups attached to an aromatic ring is 2. The second-order valence-electron chi connectivity index (χ2n) is 11.9. The molecule has 17 heteroatoms. The number of hydrogen-bond acceptors (Lipinski definition) is 11. The van der Waals surface area contributed by atoms with Crippen LogP contribution in [0.15, 0.2) is 18.3 Å². The number of nitrogens with two attached hydrogens (primary N) is 2. The molecule has 3 unspecified atom stereocenters. The fourth-order valence-corrected chi connectivity index (χ4v) is 6.81. The van der Waals surface area contributed by atoms with E-state index in [0.29, 0.717) is 23.2 Å². The summed E-state index contributed by atoms with van der Waals surface area (Å²) in [6, 6.07) is 2.46. The lowest BCUT2D eigenvalue weighted by atomic mass is 10.0. The first-order valence-corrected chi connectivity index (χ1v) is 15.6. The Kier molecular flexibility index (Phi) is 9.06. The number of fused-ring (bicyclic) bond motifs is 1. The van der Waals surface area contributed by atoms with Crippen LogP contribution in [0.4, 0.5) is 39.4 Å². The van der Waals surface area contributed by atoms with Gasteiger partial charge in [0.15, 0.2) is 5.82 Å². The van der Waals surface area contributed by atoms with Gasteiger partial charge in [-0.1, -0.05) is 11.6 Å². The van der Waals surface area contributed by atoms with E-state index >= 15 is 4.39 Å². The van der Waals surface area contributed by atoms with Crippen molar-refractivity contribution < 1.29 is 31.4 Å². The highest BCUT2D eigenvalue weighted by Gasteiger charge is 2.39. The number of aryl methyl sites for hydroxylation is 1. The van der Waals surface area contributed by atoms with Gasteiger partial charge in [0, 0.05) is 29.9 Å². The summed E-state index contributed by atoms with van der Waals surface area (Å²) in [5, 5.41) is 0.398. The maximum Gasteiger partial charge on any atom is 0.418 e. The zero-order chi connectivity index (χ0) is 34.5. The Morgan fingerprint density at radius 1 is 1.12 bits per heavy atom. The molecule has 7 heterocycles. The molecule has 0 bridgehead atoms. The van der Waals surface area contributed by atoms with Crippen molar-refractivity contribution in [1.82, 2.24) is 29.8 Å². The quantitative estimate of drug-likeness (QED) is 0.246. The van der Waals surface area contributed by atoms with Gasteiger partial charge >= 0.3 is 12.2 Å². The Bertz CT molecular complexity index is 1850. The summed E-state index contributed by atoms with van der Waals surface area (Å²) < 4.78 is 81.9. The standard InChI is InChI=1S/C24H21ClF4N8O2.C7H12FN/c1-9-16(24(27,28)29)13(7-14(30)33-9)18-17(26)19-15-21(36-23(35-19)38-3)37(4-5-39-22(15)34-18)10(2)12-6-11(25)8-32-20(12)31;8-6-4-7-2-1-3-9(7)5-6/h6-8,10H,4-5H2,1-3H3,(H2,30,33)(H2,31,32);6-7H,1-5H2. The van der Waals surface area contributed by atoms with Crippen LogP contribution in [-0.4, -0.2) is 75.4 Å². The van der Waals surface area contributed by atoms with Crippen molar-refractivity contribution in [1.29, 1.82) is 0 Å². The maximum atomic E-state index is 16.2. The van der Waals surface area contributed by atoms with Gasteiger partial charge < -0.3 is 25.8 Å². The van der Waals surface area contributed by atoms with Crippen molar-refractivity contribution >= 4 is 40.0 Å². The van der Waals surface area contributed by atoms with E-state index < -0.39 is 46.7 Å². The number of ether oxygens (including phenoxy) is 2. The van der Waals surface area contributed by atoms with Crippen molar-refractivity contribution in [2.75, 3.05) is 49.7 Å². The van der Waals surface area contributed by atoms with Gasteiger partial charge in [-0.05, 0) is 51.8 Å². The number of methoxy groups -OCH3 is 1. The van der Waals surface area contributed by atoms with E-state index in [0.717, 1.165) is 26.0 Å². The molecular weight excluding hydrogens is 661 g/mol. The van der Waals surface area contributed by atoms with Crippen LogP contribution in [0.1, 0.15) is 49.0 Å². The second kappa shape index (κ2) is 13.0. The lowest BCUT2D eigenvalue weighted by Crippen LogP contribution is -2.31. The summed E-state index contributed by atoms with van der Waals surface area (Å²) in [7, 11) is 1.28. The zero-order valence-corrected chi connectivity index (χ0v) is 27.0. The first kappa shape index (κ1) is 33.6. The van der Waals surface area contributed by atoms with E-state index in [2.05, 4.69) is 29.8 Å². The molecule has 4 N–H and O–H groups in total. The summed E-state index contributed by atoms with van der Waals surface area (Å²) in [6.07, 6.45) is -0.652. The largest absolute Gasteiger partial charge is 0.475 e. The summed E-state index contributed by atoms with van der Waals surface area (Å²) in [5.41, 5.74) is 9.20. The molecule has 11 nitrogen and oxygen atoms in total. The van der Waals surface area contributed by atoms with Gasteiger partial charge in [0.05, 0.1) is 36.0 Å². The molecular formula is C31H33ClF5N9O2. The zero-order valence-electron chi connectivity index (χ0n) is 26.3. The normalized spacial score (nSPS) is 19.7. The predicted molar refractivity (Wildman–Crippen MR) is 170 cm³/mol. The average Bonchev–Trinajstić information content (AvgIpc) is 3.55. The molecule has 0 spiro atoms. The van der Waals surface area contributed by atoms with Crippen LogP contribution in [0.25, 0.3) is 22.2 Å². The lowest BCUT2D eigenvalue weighted by Gasteiger charge is -2.30. The average molecular weight is 694 g/mol. The van der Waals surface area contributed by atoms with Crippen LogP contribution < -0.4 is 25.8 Å². The molecule has 0 aliphatic carbocycles. The van der Waals surface area contributed by atoms with Gasteiger partial charge in [-0.3, -0.25) is 4.90 Å². The number of rotatable bonds is 4. The maximum absolute atomic E-state index is 16.2. The molecule has 2 saturated heterocycles. The van der Waals surface area contributed by atoms with Crippen molar-refractivity contribution in [2.24, 2.45) is 0 Å². The van der Waals surface area contributed by atoms with Crippen LogP contribution in [0, 0.1) is 12.7 Å². The van der Waals surface area contributed by atoms with Crippen molar-refractivity contribution in [3.63, 3.8) is 0 Å². The van der Waals surface area contributed by atoms with Gasteiger partial charge in [-0.25, -0.2) is 23.7 Å². The van der Waals surface area contributed by atoms with E-state index in [1.165, 1.54) is 26.1 Å². The summed E-state index contributed by atoms with van der Waals surface area (Å²) in [5.74, 6) is -1.15. The SMILES string of the molecule is COc1nc2c3c(nc(-c4cc(N)nc(C)c4C(F)(F)F)c(F)c3n1)OCCN2C(C)c1cc(Cl)cnc1N.FC1CC2CCCN2C1. The molecule has 0 radical (unpaired) electrons. The molecule has 256 valence electrons. The highest BCUT2D eigenvalue weighted by Crippen LogP contribution is 2.45. The fourth-order valence-electron chi connectivity index (χ4n) is 6.65. The third kappa shape index (κ3) is 6.30. The molecule has 0 aromatic carbocycles. The molecule has 3 atom stereocenters. The Morgan fingerprint density at radius 3 is 2.60 bits per heavy atom. The minimum Gasteiger partial charge on any atom is -0.475 e. The van der Waals surface area contributed by atoms with E-state index in [9.17, 15) is 17.6 Å².